The summed E-state index contributed by atoms with van der Waals surface area (Å²) in [7, 11) is 1.55. The van der Waals surface area contributed by atoms with Gasteiger partial charge in [0.25, 0.3) is 5.91 Å². The highest BCUT2D eigenvalue weighted by molar-refractivity contribution is 9.10. The molecule has 0 atom stereocenters. The van der Waals surface area contributed by atoms with Crippen LogP contribution in [0.2, 0.25) is 0 Å². The lowest BCUT2D eigenvalue weighted by Crippen LogP contribution is -2.30. The van der Waals surface area contributed by atoms with Crippen molar-refractivity contribution in [2.24, 2.45) is 0 Å². The second-order valence-electron chi connectivity index (χ2n) is 7.25. The van der Waals surface area contributed by atoms with Crippen molar-refractivity contribution in [3.63, 3.8) is 0 Å². The average molecular weight is 479 g/mol. The standard InChI is InChI=1S/C25H23BrN2O3/c1-16(2)28-25(29)20(14-27)11-19-12-23(30-3)24(13-22(19)26)31-15-18-9-6-8-17-7-4-5-10-21(17)18/h4-13,16H,15H2,1-3H3,(H,28,29)/b20-11-. The predicted octanol–water partition coefficient (Wildman–Crippen LogP) is 5.62. The Morgan fingerprint density at radius 3 is 2.61 bits per heavy atom. The SMILES string of the molecule is COc1cc(/C=C(/C#N)C(=O)NC(C)C)c(Br)cc1OCc1cccc2ccccc12. The molecule has 3 rings (SSSR count). The molecule has 0 saturated carbocycles. The van der Waals surface area contributed by atoms with E-state index in [2.05, 4.69) is 39.4 Å². The largest absolute Gasteiger partial charge is 0.493 e. The molecule has 158 valence electrons. The molecule has 6 heteroatoms. The Morgan fingerprint density at radius 1 is 1.16 bits per heavy atom. The number of carbonyl (C=O) groups is 1. The molecule has 0 unspecified atom stereocenters. The van der Waals surface area contributed by atoms with Crippen molar-refractivity contribution in [3.8, 4) is 17.6 Å². The first kappa shape index (κ1) is 22.4. The van der Waals surface area contributed by atoms with E-state index in [0.29, 0.717) is 28.1 Å². The molecular weight excluding hydrogens is 456 g/mol. The molecule has 31 heavy (non-hydrogen) atoms. The number of rotatable bonds is 7. The summed E-state index contributed by atoms with van der Waals surface area (Å²) in [6, 6.07) is 19.7. The fraction of sp³-hybridized carbons (Fsp3) is 0.200. The van der Waals surface area contributed by atoms with E-state index in [9.17, 15) is 10.1 Å². The highest BCUT2D eigenvalue weighted by Gasteiger charge is 2.14. The fourth-order valence-electron chi connectivity index (χ4n) is 3.15. The average Bonchev–Trinajstić information content (AvgIpc) is 2.76. The van der Waals surface area contributed by atoms with Crippen LogP contribution in [0.4, 0.5) is 0 Å². The van der Waals surface area contributed by atoms with Gasteiger partial charge in [0.05, 0.1) is 7.11 Å². The highest BCUT2D eigenvalue weighted by atomic mass is 79.9. The molecule has 1 amide bonds. The third kappa shape index (κ3) is 5.44. The van der Waals surface area contributed by atoms with Gasteiger partial charge in [-0.3, -0.25) is 4.79 Å². The second-order valence-corrected chi connectivity index (χ2v) is 8.10. The number of carbonyl (C=O) groups excluding carboxylic acids is 1. The van der Waals surface area contributed by atoms with Crippen LogP contribution in [0.15, 0.2) is 64.6 Å². The summed E-state index contributed by atoms with van der Waals surface area (Å²) in [5.41, 5.74) is 1.73. The monoisotopic (exact) mass is 478 g/mol. The van der Waals surface area contributed by atoms with Crippen LogP contribution in [0.3, 0.4) is 0 Å². The summed E-state index contributed by atoms with van der Waals surface area (Å²) < 4.78 is 12.3. The lowest BCUT2D eigenvalue weighted by atomic mass is 10.1. The zero-order valence-electron chi connectivity index (χ0n) is 17.6. The van der Waals surface area contributed by atoms with Gasteiger partial charge in [-0.1, -0.05) is 58.4 Å². The van der Waals surface area contributed by atoms with Crippen LogP contribution in [0.25, 0.3) is 16.8 Å². The number of fused-ring (bicyclic) bond motifs is 1. The van der Waals surface area contributed by atoms with Gasteiger partial charge in [0.15, 0.2) is 11.5 Å². The normalized spacial score (nSPS) is 11.3. The van der Waals surface area contributed by atoms with Gasteiger partial charge in [-0.25, -0.2) is 0 Å². The minimum atomic E-state index is -0.417. The summed E-state index contributed by atoms with van der Waals surface area (Å²) >= 11 is 3.51. The predicted molar refractivity (Wildman–Crippen MR) is 126 cm³/mol. The third-order valence-corrected chi connectivity index (χ3v) is 5.32. The molecule has 0 aliphatic carbocycles. The number of methoxy groups -OCH3 is 1. The summed E-state index contributed by atoms with van der Waals surface area (Å²) in [4.78, 5) is 12.2. The second kappa shape index (κ2) is 10.1. The van der Waals surface area contributed by atoms with E-state index >= 15 is 0 Å². The molecule has 5 nitrogen and oxygen atoms in total. The van der Waals surface area contributed by atoms with Gasteiger partial charge >= 0.3 is 0 Å². The number of amides is 1. The first-order valence-electron chi connectivity index (χ1n) is 9.82. The Kier molecular flexibility index (Phi) is 7.32. The number of nitrogens with one attached hydrogen (secondary N) is 1. The van der Waals surface area contributed by atoms with Gasteiger partial charge in [0, 0.05) is 10.5 Å². The van der Waals surface area contributed by atoms with E-state index in [4.69, 9.17) is 9.47 Å². The number of nitrogens with zero attached hydrogens (tertiary/aromatic N) is 1. The van der Waals surface area contributed by atoms with Crippen LogP contribution in [0.1, 0.15) is 25.0 Å². The maximum absolute atomic E-state index is 12.2. The van der Waals surface area contributed by atoms with E-state index in [0.717, 1.165) is 16.3 Å². The number of hydrogen-bond acceptors (Lipinski definition) is 4. The Bertz CT molecular complexity index is 1170. The van der Waals surface area contributed by atoms with Crippen LogP contribution >= 0.6 is 15.9 Å². The summed E-state index contributed by atoms with van der Waals surface area (Å²) in [5, 5.41) is 14.4. The van der Waals surface area contributed by atoms with Crippen LogP contribution in [0, 0.1) is 11.3 Å². The molecule has 0 heterocycles. The van der Waals surface area contributed by atoms with Gasteiger partial charge in [0.1, 0.15) is 18.2 Å². The molecule has 3 aromatic rings. The van der Waals surface area contributed by atoms with Crippen molar-refractivity contribution >= 4 is 38.7 Å². The van der Waals surface area contributed by atoms with Crippen molar-refractivity contribution in [1.82, 2.24) is 5.32 Å². The molecule has 0 bridgehead atoms. The maximum Gasteiger partial charge on any atom is 0.262 e. The Balaban J connectivity index is 1.88. The van der Waals surface area contributed by atoms with Crippen LogP contribution in [-0.2, 0) is 11.4 Å². The Labute approximate surface area is 190 Å². The van der Waals surface area contributed by atoms with Crippen molar-refractivity contribution < 1.29 is 14.3 Å². The molecule has 0 aliphatic rings. The topological polar surface area (TPSA) is 71.3 Å². The van der Waals surface area contributed by atoms with Crippen LogP contribution in [0.5, 0.6) is 11.5 Å². The van der Waals surface area contributed by atoms with E-state index in [1.807, 2.05) is 44.2 Å². The molecule has 0 aliphatic heterocycles. The van der Waals surface area contributed by atoms with E-state index in [1.54, 1.807) is 19.2 Å². The summed E-state index contributed by atoms with van der Waals surface area (Å²) in [6.45, 7) is 4.06. The van der Waals surface area contributed by atoms with Crippen LogP contribution in [-0.4, -0.2) is 19.1 Å². The highest BCUT2D eigenvalue weighted by Crippen LogP contribution is 2.35. The van der Waals surface area contributed by atoms with Crippen molar-refractivity contribution in [2.45, 2.75) is 26.5 Å². The molecular formula is C25H23BrN2O3. The Hall–Kier alpha value is -3.30. The van der Waals surface area contributed by atoms with Gasteiger partial charge in [-0.05, 0) is 54.0 Å². The minimum Gasteiger partial charge on any atom is -0.493 e. The number of halogens is 1. The first-order chi connectivity index (χ1) is 14.9. The summed E-state index contributed by atoms with van der Waals surface area (Å²) in [5.74, 6) is 0.653. The maximum atomic E-state index is 12.2. The fourth-order valence-corrected chi connectivity index (χ4v) is 3.59. The quantitative estimate of drug-likeness (QED) is 0.353. The van der Waals surface area contributed by atoms with Crippen molar-refractivity contribution in [1.29, 1.82) is 5.26 Å². The van der Waals surface area contributed by atoms with Gasteiger partial charge in [0.2, 0.25) is 0 Å². The molecule has 1 N–H and O–H groups in total. The number of nitriles is 1. The lowest BCUT2D eigenvalue weighted by Gasteiger charge is -2.14. The van der Waals surface area contributed by atoms with Gasteiger partial charge in [-0.2, -0.15) is 5.26 Å². The number of benzene rings is 3. The zero-order valence-corrected chi connectivity index (χ0v) is 19.2. The molecule has 0 fully saturated rings. The Morgan fingerprint density at radius 2 is 1.90 bits per heavy atom. The van der Waals surface area contributed by atoms with E-state index < -0.39 is 5.91 Å². The summed E-state index contributed by atoms with van der Waals surface area (Å²) in [6.07, 6.45) is 1.53. The van der Waals surface area contributed by atoms with E-state index in [1.165, 1.54) is 6.08 Å². The van der Waals surface area contributed by atoms with Crippen molar-refractivity contribution in [3.05, 3.63) is 75.8 Å². The van der Waals surface area contributed by atoms with Gasteiger partial charge in [-0.15, -0.1) is 0 Å². The molecule has 0 saturated heterocycles. The first-order valence-corrected chi connectivity index (χ1v) is 10.6. The van der Waals surface area contributed by atoms with Crippen LogP contribution < -0.4 is 14.8 Å². The minimum absolute atomic E-state index is 0.0147. The third-order valence-electron chi connectivity index (χ3n) is 4.63. The smallest absolute Gasteiger partial charge is 0.262 e. The number of hydrogen-bond donors (Lipinski definition) is 1. The lowest BCUT2D eigenvalue weighted by molar-refractivity contribution is -0.117. The number of ether oxygens (including phenoxy) is 2. The zero-order chi connectivity index (χ0) is 22.4. The molecule has 0 aromatic heterocycles. The van der Waals surface area contributed by atoms with E-state index in [-0.39, 0.29) is 11.6 Å². The van der Waals surface area contributed by atoms with Crippen molar-refractivity contribution in [2.75, 3.05) is 7.11 Å². The molecule has 0 radical (unpaired) electrons. The molecule has 0 spiro atoms. The molecule has 3 aromatic carbocycles. The van der Waals surface area contributed by atoms with Gasteiger partial charge < -0.3 is 14.8 Å².